The number of carbonyl (C=O) groups is 1. The first-order chi connectivity index (χ1) is 9.26. The van der Waals surface area contributed by atoms with Crippen LogP contribution in [0.25, 0.3) is 0 Å². The Hall–Kier alpha value is -1.46. The number of hydrogen-bond acceptors (Lipinski definition) is 4. The molecule has 0 heterocycles. The van der Waals surface area contributed by atoms with Crippen LogP contribution in [-0.2, 0) is 25.2 Å². The van der Waals surface area contributed by atoms with Gasteiger partial charge in [-0.1, -0.05) is 36.9 Å². The van der Waals surface area contributed by atoms with E-state index >= 15 is 0 Å². The van der Waals surface area contributed by atoms with Crippen LogP contribution < -0.4 is 0 Å². The number of carbonyl (C=O) groups excluding carboxylic acids is 1. The maximum Gasteiger partial charge on any atom is 0.469 e. The van der Waals surface area contributed by atoms with Crippen LogP contribution in [0.5, 0.6) is 0 Å². The summed E-state index contributed by atoms with van der Waals surface area (Å²) in [6, 6.07) is 8.84. The molecule has 0 amide bonds. The number of esters is 1. The van der Waals surface area contributed by atoms with E-state index in [0.29, 0.717) is 12.2 Å². The zero-order valence-electron chi connectivity index (χ0n) is 11.5. The summed E-state index contributed by atoms with van der Waals surface area (Å²) in [5, 5.41) is 0. The molecule has 0 bridgehead atoms. The summed E-state index contributed by atoms with van der Waals surface area (Å²) in [6.45, 7) is 7.14. The molecule has 1 aromatic rings. The van der Waals surface area contributed by atoms with E-state index in [9.17, 15) is 9.36 Å². The van der Waals surface area contributed by atoms with E-state index in [-0.39, 0.29) is 12.6 Å². The summed E-state index contributed by atoms with van der Waals surface area (Å²) in [4.78, 5) is 27.2. The van der Waals surface area contributed by atoms with Crippen LogP contribution in [0, 0.1) is 0 Å². The highest BCUT2D eigenvalue weighted by Crippen LogP contribution is 2.36. The summed E-state index contributed by atoms with van der Waals surface area (Å²) >= 11 is 0. The first kappa shape index (κ1) is 18.5. The second-order valence-corrected chi connectivity index (χ2v) is 4.99. The Kier molecular flexibility index (Phi) is 8.76. The third kappa shape index (κ3) is 10.5. The van der Waals surface area contributed by atoms with Crippen LogP contribution in [0.4, 0.5) is 0 Å². The molecule has 1 aromatic carbocycles. The second-order valence-electron chi connectivity index (χ2n) is 3.75. The van der Waals surface area contributed by atoms with Gasteiger partial charge in [0.25, 0.3) is 0 Å². The molecule has 0 spiro atoms. The molecule has 0 aromatic heterocycles. The van der Waals surface area contributed by atoms with Crippen LogP contribution >= 0.6 is 7.82 Å². The monoisotopic (exact) mass is 302 g/mol. The average molecular weight is 302 g/mol. The molecule has 2 N–H and O–H groups in total. The molecule has 0 atom stereocenters. The molecule has 0 fully saturated rings. The summed E-state index contributed by atoms with van der Waals surface area (Å²) in [5.41, 5.74) is 1.19. The highest BCUT2D eigenvalue weighted by molar-refractivity contribution is 7.46. The molecule has 0 unspecified atom stereocenters. The van der Waals surface area contributed by atoms with Gasteiger partial charge >= 0.3 is 13.8 Å². The molecule has 112 valence electrons. The lowest BCUT2D eigenvalue weighted by molar-refractivity contribution is -0.138. The molecule has 0 radical (unpaired) electrons. The van der Waals surface area contributed by atoms with Crippen molar-refractivity contribution in [2.45, 2.75) is 20.5 Å². The van der Waals surface area contributed by atoms with E-state index in [0.717, 1.165) is 5.56 Å². The fourth-order valence-electron chi connectivity index (χ4n) is 0.987. The smallest absolute Gasteiger partial charge is 0.463 e. The normalized spacial score (nSPS) is 10.2. The average Bonchev–Trinajstić information content (AvgIpc) is 2.38. The van der Waals surface area contributed by atoms with Gasteiger partial charge in [0.05, 0.1) is 13.2 Å². The van der Waals surface area contributed by atoms with Gasteiger partial charge in [-0.3, -0.25) is 4.52 Å². The van der Waals surface area contributed by atoms with Gasteiger partial charge in [0, 0.05) is 5.57 Å². The van der Waals surface area contributed by atoms with E-state index in [1.807, 2.05) is 6.07 Å². The van der Waals surface area contributed by atoms with Gasteiger partial charge in [-0.15, -0.1) is 0 Å². The molecular weight excluding hydrogens is 283 g/mol. The van der Waals surface area contributed by atoms with Crippen LogP contribution in [0.15, 0.2) is 42.5 Å². The Labute approximate surface area is 118 Å². The largest absolute Gasteiger partial charge is 0.469 e. The lowest BCUT2D eigenvalue weighted by atomic mass is 10.2. The molecule has 6 nitrogen and oxygen atoms in total. The van der Waals surface area contributed by atoms with Crippen molar-refractivity contribution in [2.24, 2.45) is 0 Å². The lowest BCUT2D eigenvalue weighted by Crippen LogP contribution is -2.03. The maximum atomic E-state index is 10.4. The molecule has 0 saturated heterocycles. The highest BCUT2D eigenvalue weighted by atomic mass is 31.2. The van der Waals surface area contributed by atoms with Gasteiger partial charge in [-0.2, -0.15) is 0 Å². The van der Waals surface area contributed by atoms with Gasteiger partial charge in [0.2, 0.25) is 0 Å². The third-order valence-corrected chi connectivity index (χ3v) is 2.33. The van der Waals surface area contributed by atoms with Gasteiger partial charge in [0.1, 0.15) is 0 Å². The number of rotatable bonds is 5. The van der Waals surface area contributed by atoms with E-state index in [2.05, 4.69) is 15.8 Å². The number of ether oxygens (including phenoxy) is 1. The molecule has 0 aliphatic heterocycles. The van der Waals surface area contributed by atoms with Crippen molar-refractivity contribution in [2.75, 3.05) is 6.61 Å². The van der Waals surface area contributed by atoms with Crippen molar-refractivity contribution >= 4 is 13.8 Å². The minimum atomic E-state index is -4.33. The Morgan fingerprint density at radius 2 is 1.85 bits per heavy atom. The van der Waals surface area contributed by atoms with E-state index < -0.39 is 7.82 Å². The fourth-order valence-corrected chi connectivity index (χ4v) is 1.30. The van der Waals surface area contributed by atoms with E-state index in [4.69, 9.17) is 9.79 Å². The van der Waals surface area contributed by atoms with Crippen LogP contribution in [0.3, 0.4) is 0 Å². The zero-order chi connectivity index (χ0) is 15.6. The third-order valence-electron chi connectivity index (χ3n) is 1.87. The van der Waals surface area contributed by atoms with Gasteiger partial charge in [-0.25, -0.2) is 9.36 Å². The van der Waals surface area contributed by atoms with Crippen LogP contribution in [-0.4, -0.2) is 22.4 Å². The first-order valence-electron chi connectivity index (χ1n) is 5.83. The van der Waals surface area contributed by atoms with Crippen molar-refractivity contribution in [3.8, 4) is 0 Å². The molecule has 0 saturated carbocycles. The number of hydrogen-bond donors (Lipinski definition) is 2. The van der Waals surface area contributed by atoms with Crippen molar-refractivity contribution in [1.82, 2.24) is 0 Å². The number of phosphoric acid groups is 1. The van der Waals surface area contributed by atoms with Crippen molar-refractivity contribution < 1.29 is 28.4 Å². The summed E-state index contributed by atoms with van der Waals surface area (Å²) in [6.07, 6.45) is 0. The van der Waals surface area contributed by atoms with Crippen LogP contribution in [0.1, 0.15) is 19.4 Å². The molecule has 7 heteroatoms. The van der Waals surface area contributed by atoms with Gasteiger partial charge in [0.15, 0.2) is 0 Å². The van der Waals surface area contributed by atoms with Crippen molar-refractivity contribution in [3.05, 3.63) is 48.0 Å². The minimum Gasteiger partial charge on any atom is -0.463 e. The topological polar surface area (TPSA) is 93.1 Å². The predicted octanol–water partition coefficient (Wildman–Crippen LogP) is 2.42. The molecular formula is C13H19O6P. The second kappa shape index (κ2) is 9.44. The number of benzene rings is 1. The first-order valence-corrected chi connectivity index (χ1v) is 7.36. The minimum absolute atomic E-state index is 0.0644. The lowest BCUT2D eigenvalue weighted by Gasteiger charge is -2.03. The summed E-state index contributed by atoms with van der Waals surface area (Å²) in [7, 11) is -4.33. The Morgan fingerprint density at radius 3 is 2.20 bits per heavy atom. The van der Waals surface area contributed by atoms with E-state index in [1.165, 1.54) is 0 Å². The summed E-state index contributed by atoms with van der Waals surface area (Å²) in [5.74, 6) is -0.312. The van der Waals surface area contributed by atoms with Gasteiger partial charge < -0.3 is 14.5 Å². The van der Waals surface area contributed by atoms with Gasteiger partial charge in [-0.05, 0) is 19.4 Å². The molecule has 20 heavy (non-hydrogen) atoms. The Morgan fingerprint density at radius 1 is 1.30 bits per heavy atom. The summed E-state index contributed by atoms with van der Waals surface area (Å²) < 4.78 is 19.1. The predicted molar refractivity (Wildman–Crippen MR) is 74.7 cm³/mol. The van der Waals surface area contributed by atoms with E-state index in [1.54, 1.807) is 38.1 Å². The van der Waals surface area contributed by atoms with Crippen LogP contribution in [0.2, 0.25) is 0 Å². The fraction of sp³-hybridized carbons (Fsp3) is 0.308. The number of phosphoric ester groups is 1. The Bertz CT molecular complexity index is 465. The molecule has 0 aliphatic carbocycles. The SMILES string of the molecule is C=C(C)C(=O)OCC.O=P(O)(O)OCc1ccccc1. The standard InChI is InChI=1S/C7H9O4P.C6H10O2/c8-12(9,10)11-6-7-4-2-1-3-5-7;1-4-8-6(7)5(2)3/h1-5H,6H2,(H2,8,9,10);2,4H2,1,3H3. The maximum absolute atomic E-state index is 10.4. The zero-order valence-corrected chi connectivity index (χ0v) is 12.4. The quantitative estimate of drug-likeness (QED) is 0.493. The molecule has 0 aliphatic rings. The Balaban J connectivity index is 0.000000396. The molecule has 1 rings (SSSR count). The highest BCUT2D eigenvalue weighted by Gasteiger charge is 2.12. The van der Waals surface area contributed by atoms with Crippen molar-refractivity contribution in [1.29, 1.82) is 0 Å². The van der Waals surface area contributed by atoms with Crippen molar-refractivity contribution in [3.63, 3.8) is 0 Å².